The summed E-state index contributed by atoms with van der Waals surface area (Å²) in [5, 5.41) is 9.07. The summed E-state index contributed by atoms with van der Waals surface area (Å²) < 4.78 is 15.6. The zero-order chi connectivity index (χ0) is 23.8. The molecule has 0 saturated heterocycles. The summed E-state index contributed by atoms with van der Waals surface area (Å²) >= 11 is 0. The molecule has 7 nitrogen and oxygen atoms in total. The van der Waals surface area contributed by atoms with Crippen LogP contribution in [0, 0.1) is 21.7 Å². The van der Waals surface area contributed by atoms with Crippen molar-refractivity contribution in [2.45, 2.75) is 81.1 Å². The van der Waals surface area contributed by atoms with Gasteiger partial charge >= 0.3 is 17.9 Å². The van der Waals surface area contributed by atoms with Crippen molar-refractivity contribution in [3.63, 3.8) is 0 Å². The summed E-state index contributed by atoms with van der Waals surface area (Å²) in [6.45, 7) is 14.7. The van der Waals surface area contributed by atoms with Crippen LogP contribution in [0.3, 0.4) is 0 Å². The number of carbonyl (C=O) groups excluding carboxylic acids is 3. The van der Waals surface area contributed by atoms with Gasteiger partial charge in [-0.25, -0.2) is 0 Å². The molecule has 0 aliphatic heterocycles. The van der Waals surface area contributed by atoms with Gasteiger partial charge in [-0.15, -0.1) is 0 Å². The number of aliphatic hydroxyl groups excluding tert-OH is 1. The van der Waals surface area contributed by atoms with E-state index < -0.39 is 34.2 Å². The Morgan fingerprint density at radius 1 is 0.733 bits per heavy atom. The summed E-state index contributed by atoms with van der Waals surface area (Å²) in [6.07, 6.45) is 1.25. The first-order chi connectivity index (χ1) is 13.6. The minimum atomic E-state index is -1.12. The van der Waals surface area contributed by atoms with Crippen molar-refractivity contribution >= 4 is 17.9 Å². The molecule has 0 heterocycles. The molecule has 7 heteroatoms. The number of aliphatic hydroxyl groups is 1. The van der Waals surface area contributed by atoms with Crippen molar-refractivity contribution in [1.29, 1.82) is 0 Å². The van der Waals surface area contributed by atoms with Gasteiger partial charge < -0.3 is 19.3 Å². The van der Waals surface area contributed by atoms with Crippen LogP contribution in [0.4, 0.5) is 0 Å². The Hall–Kier alpha value is -1.63. The molecule has 0 bridgehead atoms. The smallest absolute Gasteiger partial charge is 0.311 e. The first kappa shape index (κ1) is 28.4. The van der Waals surface area contributed by atoms with Gasteiger partial charge in [0, 0.05) is 0 Å². The molecule has 0 saturated carbocycles. The maximum Gasteiger partial charge on any atom is 0.311 e. The van der Waals surface area contributed by atoms with Crippen LogP contribution in [0.15, 0.2) is 0 Å². The third kappa shape index (κ3) is 7.89. The van der Waals surface area contributed by atoms with Gasteiger partial charge in [-0.05, 0) is 58.8 Å². The van der Waals surface area contributed by atoms with E-state index in [9.17, 15) is 14.4 Å². The van der Waals surface area contributed by atoms with Crippen LogP contribution in [0.2, 0.25) is 0 Å². The van der Waals surface area contributed by atoms with Crippen molar-refractivity contribution in [2.75, 3.05) is 26.9 Å². The second kappa shape index (κ2) is 11.1. The molecule has 0 aromatic rings. The summed E-state index contributed by atoms with van der Waals surface area (Å²) in [7, 11) is 1.33. The highest BCUT2D eigenvalue weighted by atomic mass is 16.5. The summed E-state index contributed by atoms with van der Waals surface area (Å²) in [4.78, 5) is 38.6. The minimum absolute atomic E-state index is 0.108. The van der Waals surface area contributed by atoms with E-state index in [0.29, 0.717) is 12.8 Å². The lowest BCUT2D eigenvalue weighted by Gasteiger charge is -2.42. The topological polar surface area (TPSA) is 99.1 Å². The Kier molecular flexibility index (Phi) is 10.5. The van der Waals surface area contributed by atoms with Crippen LogP contribution < -0.4 is 0 Å². The molecular weight excluding hydrogens is 388 g/mol. The molecule has 0 aromatic heterocycles. The van der Waals surface area contributed by atoms with Crippen LogP contribution in [0.5, 0.6) is 0 Å². The van der Waals surface area contributed by atoms with E-state index in [0.717, 1.165) is 0 Å². The minimum Gasteiger partial charge on any atom is -0.469 e. The molecule has 0 amide bonds. The molecule has 3 atom stereocenters. The normalized spacial score (nSPS) is 17.8. The predicted octanol–water partition coefficient (Wildman–Crippen LogP) is 3.90. The Morgan fingerprint density at radius 2 is 1.20 bits per heavy atom. The lowest BCUT2D eigenvalue weighted by molar-refractivity contribution is -0.170. The lowest BCUT2D eigenvalue weighted by Crippen LogP contribution is -2.46. The molecular formula is C23H42O7. The molecule has 1 N–H and O–H groups in total. The van der Waals surface area contributed by atoms with E-state index in [-0.39, 0.29) is 38.1 Å². The zero-order valence-electron chi connectivity index (χ0n) is 20.3. The van der Waals surface area contributed by atoms with Gasteiger partial charge in [0.2, 0.25) is 0 Å². The Bertz CT molecular complexity index is 595. The fourth-order valence-electron chi connectivity index (χ4n) is 4.51. The highest BCUT2D eigenvalue weighted by Crippen LogP contribution is 2.49. The molecule has 0 radical (unpaired) electrons. The van der Waals surface area contributed by atoms with Gasteiger partial charge in [-0.2, -0.15) is 0 Å². The monoisotopic (exact) mass is 430 g/mol. The van der Waals surface area contributed by atoms with Crippen molar-refractivity contribution < 1.29 is 33.7 Å². The standard InChI is InChI=1S/C23H42O7/c1-10-21(6,17(25)28-9)15-23(8,18(26)29-11-2)16-22(7,14-20(3,4)5)19(27)30-13-12-24/h24H,10-16H2,1-9H3. The third-order valence-electron chi connectivity index (χ3n) is 5.53. The van der Waals surface area contributed by atoms with E-state index in [1.807, 2.05) is 27.7 Å². The van der Waals surface area contributed by atoms with E-state index >= 15 is 0 Å². The largest absolute Gasteiger partial charge is 0.469 e. The molecule has 0 aromatic carbocycles. The molecule has 0 aliphatic rings. The molecule has 0 spiro atoms. The summed E-state index contributed by atoms with van der Waals surface area (Å²) in [5.41, 5.74) is -3.26. The first-order valence-corrected chi connectivity index (χ1v) is 10.7. The molecule has 0 fully saturated rings. The number of esters is 3. The number of hydrogen-bond acceptors (Lipinski definition) is 7. The van der Waals surface area contributed by atoms with Gasteiger partial charge in [0.1, 0.15) is 6.61 Å². The molecule has 176 valence electrons. The molecule has 0 aliphatic carbocycles. The summed E-state index contributed by atoms with van der Waals surface area (Å²) in [6, 6.07) is 0. The maximum absolute atomic E-state index is 13.1. The van der Waals surface area contributed by atoms with Crippen molar-refractivity contribution in [3.05, 3.63) is 0 Å². The van der Waals surface area contributed by atoms with Gasteiger partial charge in [0.05, 0.1) is 36.6 Å². The SMILES string of the molecule is CCOC(=O)C(C)(CC(C)(CC)C(=O)OC)CC(C)(CC(C)(C)C)C(=O)OCCO. The fourth-order valence-corrected chi connectivity index (χ4v) is 4.51. The number of methoxy groups -OCH3 is 1. The quantitative estimate of drug-likeness (QED) is 0.370. The van der Waals surface area contributed by atoms with E-state index in [2.05, 4.69) is 0 Å². The van der Waals surface area contributed by atoms with Crippen LogP contribution in [-0.4, -0.2) is 49.9 Å². The van der Waals surface area contributed by atoms with Crippen molar-refractivity contribution in [3.8, 4) is 0 Å². The lowest BCUT2D eigenvalue weighted by atomic mass is 9.61. The average Bonchev–Trinajstić information content (AvgIpc) is 2.63. The third-order valence-corrected chi connectivity index (χ3v) is 5.53. The first-order valence-electron chi connectivity index (χ1n) is 10.7. The van der Waals surface area contributed by atoms with Gasteiger partial charge in [-0.1, -0.05) is 27.7 Å². The van der Waals surface area contributed by atoms with Gasteiger partial charge in [0.25, 0.3) is 0 Å². The predicted molar refractivity (Wildman–Crippen MR) is 115 cm³/mol. The number of rotatable bonds is 12. The zero-order valence-corrected chi connectivity index (χ0v) is 20.3. The van der Waals surface area contributed by atoms with E-state index in [1.54, 1.807) is 27.7 Å². The van der Waals surface area contributed by atoms with Gasteiger partial charge in [0.15, 0.2) is 0 Å². The fraction of sp³-hybridized carbons (Fsp3) is 0.870. The molecule has 0 rings (SSSR count). The van der Waals surface area contributed by atoms with Crippen molar-refractivity contribution in [2.24, 2.45) is 21.7 Å². The van der Waals surface area contributed by atoms with Crippen molar-refractivity contribution in [1.82, 2.24) is 0 Å². The number of hydrogen-bond donors (Lipinski definition) is 1. The number of ether oxygens (including phenoxy) is 3. The maximum atomic E-state index is 13.1. The molecule has 30 heavy (non-hydrogen) atoms. The highest BCUT2D eigenvalue weighted by molar-refractivity contribution is 5.82. The second-order valence-corrected chi connectivity index (χ2v) is 10.2. The second-order valence-electron chi connectivity index (χ2n) is 10.2. The van der Waals surface area contributed by atoms with Crippen LogP contribution in [-0.2, 0) is 28.6 Å². The number of carbonyl (C=O) groups is 3. The van der Waals surface area contributed by atoms with Crippen LogP contribution >= 0.6 is 0 Å². The van der Waals surface area contributed by atoms with Gasteiger partial charge in [-0.3, -0.25) is 14.4 Å². The Labute approximate surface area is 181 Å². The van der Waals surface area contributed by atoms with Crippen LogP contribution in [0.1, 0.15) is 81.1 Å². The van der Waals surface area contributed by atoms with Crippen LogP contribution in [0.25, 0.3) is 0 Å². The Morgan fingerprint density at radius 3 is 1.60 bits per heavy atom. The molecule has 3 unspecified atom stereocenters. The van der Waals surface area contributed by atoms with E-state index in [4.69, 9.17) is 19.3 Å². The van der Waals surface area contributed by atoms with E-state index in [1.165, 1.54) is 7.11 Å². The highest BCUT2D eigenvalue weighted by Gasteiger charge is 2.51. The summed E-state index contributed by atoms with van der Waals surface area (Å²) in [5.74, 6) is -1.33. The average molecular weight is 431 g/mol. The Balaban J connectivity index is 6.26.